The van der Waals surface area contributed by atoms with Crippen LogP contribution in [0.4, 0.5) is 10.5 Å². The molecule has 2 aromatic carbocycles. The van der Waals surface area contributed by atoms with Gasteiger partial charge in [-0.05, 0) is 36.2 Å². The van der Waals surface area contributed by atoms with Crippen LogP contribution in [0.25, 0.3) is 0 Å². The Bertz CT molecular complexity index is 834. The van der Waals surface area contributed by atoms with E-state index in [0.717, 1.165) is 37.5 Å². The average molecular weight is 383 g/mol. The Balaban J connectivity index is 1.24. The molecule has 148 valence electrons. The topological polar surface area (TPSA) is 63.3 Å². The van der Waals surface area contributed by atoms with Gasteiger partial charge in [-0.15, -0.1) is 0 Å². The van der Waals surface area contributed by atoms with E-state index in [1.165, 1.54) is 5.56 Å². The molecule has 2 aliphatic rings. The highest BCUT2D eigenvalue weighted by Gasteiger charge is 2.22. The third kappa shape index (κ3) is 4.31. The summed E-state index contributed by atoms with van der Waals surface area (Å²) in [6.07, 6.45) is 0.973. The summed E-state index contributed by atoms with van der Waals surface area (Å²) in [6.45, 7) is 4.38. The van der Waals surface area contributed by atoms with Crippen molar-refractivity contribution in [2.24, 2.45) is 0 Å². The van der Waals surface area contributed by atoms with Crippen LogP contribution in [-0.2, 0) is 6.42 Å². The zero-order valence-electron chi connectivity index (χ0n) is 16.0. The molecule has 0 aliphatic carbocycles. The van der Waals surface area contributed by atoms with Gasteiger partial charge in [0.05, 0.1) is 7.11 Å². The molecule has 4 rings (SSSR count). The molecule has 1 saturated heterocycles. The van der Waals surface area contributed by atoms with Crippen molar-refractivity contribution in [3.63, 3.8) is 0 Å². The van der Waals surface area contributed by atoms with Crippen molar-refractivity contribution >= 4 is 11.7 Å². The lowest BCUT2D eigenvalue weighted by molar-refractivity contribution is 0.148. The van der Waals surface area contributed by atoms with Crippen LogP contribution in [-0.4, -0.2) is 62.5 Å². The van der Waals surface area contributed by atoms with E-state index in [9.17, 15) is 4.79 Å². The maximum Gasteiger partial charge on any atom is 0.321 e. The minimum Gasteiger partial charge on any atom is -0.497 e. The number of methoxy groups -OCH3 is 1. The second-order valence-corrected chi connectivity index (χ2v) is 6.93. The number of nitrogens with one attached hydrogen (secondary N) is 1. The van der Waals surface area contributed by atoms with Crippen LogP contribution >= 0.6 is 0 Å². The third-order valence-electron chi connectivity index (χ3n) is 5.13. The van der Waals surface area contributed by atoms with Crippen LogP contribution in [0.2, 0.25) is 0 Å². The van der Waals surface area contributed by atoms with Crippen molar-refractivity contribution in [1.29, 1.82) is 0 Å². The second-order valence-electron chi connectivity index (χ2n) is 6.93. The van der Waals surface area contributed by atoms with E-state index in [-0.39, 0.29) is 12.8 Å². The summed E-state index contributed by atoms with van der Waals surface area (Å²) in [5.41, 5.74) is 1.98. The Labute approximate surface area is 164 Å². The Morgan fingerprint density at radius 1 is 1.07 bits per heavy atom. The van der Waals surface area contributed by atoms with Crippen molar-refractivity contribution in [2.75, 3.05) is 51.9 Å². The van der Waals surface area contributed by atoms with Crippen LogP contribution in [0.1, 0.15) is 5.56 Å². The quantitative estimate of drug-likeness (QED) is 0.860. The van der Waals surface area contributed by atoms with Gasteiger partial charge in [-0.3, -0.25) is 4.90 Å². The van der Waals surface area contributed by atoms with E-state index in [0.29, 0.717) is 24.6 Å². The predicted octanol–water partition coefficient (Wildman–Crippen LogP) is 2.82. The molecule has 0 aromatic heterocycles. The molecule has 2 amide bonds. The number of hydrogen-bond acceptors (Lipinski definition) is 5. The van der Waals surface area contributed by atoms with Gasteiger partial charge in [0.1, 0.15) is 5.75 Å². The molecule has 7 nitrogen and oxygen atoms in total. The van der Waals surface area contributed by atoms with Gasteiger partial charge in [0.25, 0.3) is 0 Å². The van der Waals surface area contributed by atoms with Crippen LogP contribution < -0.4 is 19.5 Å². The van der Waals surface area contributed by atoms with Gasteiger partial charge in [-0.2, -0.15) is 0 Å². The molecular formula is C21H25N3O4. The largest absolute Gasteiger partial charge is 0.497 e. The lowest BCUT2D eigenvalue weighted by Gasteiger charge is -2.34. The Morgan fingerprint density at radius 2 is 1.89 bits per heavy atom. The first-order valence-corrected chi connectivity index (χ1v) is 9.52. The van der Waals surface area contributed by atoms with Crippen molar-refractivity contribution in [1.82, 2.24) is 9.80 Å². The molecule has 2 aliphatic heterocycles. The number of carbonyl (C=O) groups excluding carboxylic acids is 1. The zero-order valence-corrected chi connectivity index (χ0v) is 16.0. The van der Waals surface area contributed by atoms with Crippen LogP contribution in [0.15, 0.2) is 42.5 Å². The smallest absolute Gasteiger partial charge is 0.321 e. The van der Waals surface area contributed by atoms with Gasteiger partial charge in [-0.25, -0.2) is 4.79 Å². The Hall–Kier alpha value is -2.93. The molecule has 0 bridgehead atoms. The maximum absolute atomic E-state index is 12.5. The number of urea groups is 1. The lowest BCUT2D eigenvalue weighted by Crippen LogP contribution is -2.50. The number of amides is 2. The molecule has 7 heteroatoms. The summed E-state index contributed by atoms with van der Waals surface area (Å²) in [5.74, 6) is 2.27. The highest BCUT2D eigenvalue weighted by Crippen LogP contribution is 2.34. The summed E-state index contributed by atoms with van der Waals surface area (Å²) >= 11 is 0. The van der Waals surface area contributed by atoms with Crippen molar-refractivity contribution in [2.45, 2.75) is 6.42 Å². The third-order valence-corrected chi connectivity index (χ3v) is 5.13. The Morgan fingerprint density at radius 3 is 2.71 bits per heavy atom. The number of anilines is 1. The monoisotopic (exact) mass is 383 g/mol. The summed E-state index contributed by atoms with van der Waals surface area (Å²) in [6, 6.07) is 13.5. The van der Waals surface area contributed by atoms with Crippen molar-refractivity contribution in [3.8, 4) is 17.2 Å². The number of nitrogens with zero attached hydrogens (tertiary/aromatic N) is 2. The van der Waals surface area contributed by atoms with Crippen molar-refractivity contribution < 1.29 is 19.0 Å². The fourth-order valence-corrected chi connectivity index (χ4v) is 3.47. The minimum atomic E-state index is -0.0775. The van der Waals surface area contributed by atoms with E-state index < -0.39 is 0 Å². The molecule has 2 aromatic rings. The van der Waals surface area contributed by atoms with E-state index in [1.807, 2.05) is 29.2 Å². The van der Waals surface area contributed by atoms with Crippen LogP contribution in [0.3, 0.4) is 0 Å². The Kier molecular flexibility index (Phi) is 5.53. The first kappa shape index (κ1) is 18.4. The molecule has 2 heterocycles. The minimum absolute atomic E-state index is 0.0775. The fraction of sp³-hybridized carbons (Fsp3) is 0.381. The normalized spacial score (nSPS) is 16.1. The van der Waals surface area contributed by atoms with Gasteiger partial charge >= 0.3 is 6.03 Å². The fourth-order valence-electron chi connectivity index (χ4n) is 3.47. The summed E-state index contributed by atoms with van der Waals surface area (Å²) in [5, 5.41) is 2.95. The van der Waals surface area contributed by atoms with E-state index in [1.54, 1.807) is 13.2 Å². The van der Waals surface area contributed by atoms with E-state index in [4.69, 9.17) is 14.2 Å². The molecule has 0 unspecified atom stereocenters. The molecule has 1 fully saturated rings. The van der Waals surface area contributed by atoms with Gasteiger partial charge in [0.2, 0.25) is 6.79 Å². The number of hydrogen-bond donors (Lipinski definition) is 1. The molecule has 0 saturated carbocycles. The molecular weight excluding hydrogens is 358 g/mol. The highest BCUT2D eigenvalue weighted by atomic mass is 16.7. The van der Waals surface area contributed by atoms with Crippen molar-refractivity contribution in [3.05, 3.63) is 48.0 Å². The van der Waals surface area contributed by atoms with E-state index >= 15 is 0 Å². The van der Waals surface area contributed by atoms with Crippen LogP contribution in [0, 0.1) is 0 Å². The predicted molar refractivity (Wildman–Crippen MR) is 106 cm³/mol. The second kappa shape index (κ2) is 8.39. The lowest BCUT2D eigenvalue weighted by atomic mass is 10.1. The number of fused-ring (bicyclic) bond motifs is 1. The van der Waals surface area contributed by atoms with Gasteiger partial charge < -0.3 is 24.4 Å². The number of carbonyl (C=O) groups is 1. The van der Waals surface area contributed by atoms with Gasteiger partial charge in [0, 0.05) is 44.5 Å². The summed E-state index contributed by atoms with van der Waals surface area (Å²) in [4.78, 5) is 16.8. The van der Waals surface area contributed by atoms with Gasteiger partial charge in [0.15, 0.2) is 11.5 Å². The van der Waals surface area contributed by atoms with E-state index in [2.05, 4.69) is 22.3 Å². The number of benzene rings is 2. The van der Waals surface area contributed by atoms with Crippen LogP contribution in [0.5, 0.6) is 17.2 Å². The summed E-state index contributed by atoms with van der Waals surface area (Å²) in [7, 11) is 1.69. The zero-order chi connectivity index (χ0) is 19.3. The summed E-state index contributed by atoms with van der Waals surface area (Å²) < 4.78 is 15.9. The molecule has 0 radical (unpaired) electrons. The number of ether oxygens (including phenoxy) is 3. The highest BCUT2D eigenvalue weighted by molar-refractivity contribution is 5.89. The first-order valence-electron chi connectivity index (χ1n) is 9.52. The standard InChI is InChI=1S/C21H25N3O4/c1-26-18-4-2-3-16(13-18)7-8-23-9-11-24(12-10-23)21(25)22-17-5-6-19-20(14-17)28-15-27-19/h2-6,13-14H,7-12,15H2,1H3,(H,22,25). The molecule has 28 heavy (non-hydrogen) atoms. The molecule has 0 atom stereocenters. The SMILES string of the molecule is COc1cccc(CCN2CCN(C(=O)Nc3ccc4c(c3)OCO4)CC2)c1. The number of piperazine rings is 1. The average Bonchev–Trinajstić information content (AvgIpc) is 3.20. The molecule has 0 spiro atoms. The molecule has 1 N–H and O–H groups in total. The first-order chi connectivity index (χ1) is 13.7. The number of rotatable bonds is 5. The van der Waals surface area contributed by atoms with Gasteiger partial charge in [-0.1, -0.05) is 12.1 Å². The maximum atomic E-state index is 12.5.